The fraction of sp³-hybridized carbons (Fsp3) is 0.0556. The van der Waals surface area contributed by atoms with Crippen molar-refractivity contribution >= 4 is 53.2 Å². The molecule has 20 heavy (non-hydrogen) atoms. The third-order valence-electron chi connectivity index (χ3n) is 4.13. The number of fused-ring (bicyclic) bond motifs is 3. The summed E-state index contributed by atoms with van der Waals surface area (Å²) >= 11 is 1.86. The van der Waals surface area contributed by atoms with Crippen LogP contribution in [0.2, 0.25) is 0 Å². The molecular formula is C18H11NS. The van der Waals surface area contributed by atoms with Crippen molar-refractivity contribution in [1.29, 1.82) is 0 Å². The Morgan fingerprint density at radius 1 is 0.850 bits per heavy atom. The maximum absolute atomic E-state index is 4.68. The van der Waals surface area contributed by atoms with Gasteiger partial charge in [-0.05, 0) is 35.9 Å². The Hall–Kier alpha value is -2.19. The van der Waals surface area contributed by atoms with Crippen molar-refractivity contribution in [3.05, 3.63) is 54.2 Å². The monoisotopic (exact) mass is 273 g/mol. The first kappa shape index (κ1) is 10.6. The van der Waals surface area contributed by atoms with E-state index in [-0.39, 0.29) is 0 Å². The van der Waals surface area contributed by atoms with E-state index in [1.54, 1.807) is 0 Å². The number of hydrogen-bond donors (Lipinski definition) is 0. The minimum absolute atomic E-state index is 1.14. The zero-order valence-electron chi connectivity index (χ0n) is 11.0. The van der Waals surface area contributed by atoms with E-state index in [2.05, 4.69) is 54.4 Å². The molecule has 0 amide bonds. The molecular weight excluding hydrogens is 262 g/mol. The topological polar surface area (TPSA) is 12.9 Å². The Labute approximate surface area is 119 Å². The quantitative estimate of drug-likeness (QED) is 0.339. The van der Waals surface area contributed by atoms with Gasteiger partial charge in [-0.1, -0.05) is 29.8 Å². The van der Waals surface area contributed by atoms with Crippen molar-refractivity contribution in [2.24, 2.45) is 0 Å². The Kier molecular flexibility index (Phi) is 1.83. The molecule has 5 aromatic rings. The third-order valence-corrected chi connectivity index (χ3v) is 5.25. The molecule has 0 spiro atoms. The molecule has 0 saturated heterocycles. The van der Waals surface area contributed by atoms with Crippen LogP contribution in [0.5, 0.6) is 0 Å². The minimum Gasteiger partial charge on any atom is -0.255 e. The molecule has 2 heterocycles. The van der Waals surface area contributed by atoms with Gasteiger partial charge >= 0.3 is 0 Å². The molecule has 0 fully saturated rings. The third kappa shape index (κ3) is 1.15. The summed E-state index contributed by atoms with van der Waals surface area (Å²) in [7, 11) is 0. The molecule has 0 aliphatic carbocycles. The highest BCUT2D eigenvalue weighted by atomic mass is 32.1. The number of rotatable bonds is 0. The van der Waals surface area contributed by atoms with Crippen LogP contribution in [0.1, 0.15) is 5.56 Å². The summed E-state index contributed by atoms with van der Waals surface area (Å²) in [5.41, 5.74) is 2.43. The van der Waals surface area contributed by atoms with E-state index in [1.165, 1.54) is 41.9 Å². The second kappa shape index (κ2) is 3.47. The van der Waals surface area contributed by atoms with Gasteiger partial charge in [0.25, 0.3) is 0 Å². The van der Waals surface area contributed by atoms with Gasteiger partial charge in [0, 0.05) is 31.8 Å². The SMILES string of the molecule is Cc1ccc2c(c1)c1nccc3sc4cccc2c4c31. The van der Waals surface area contributed by atoms with Gasteiger partial charge in [0.2, 0.25) is 0 Å². The number of thiophene rings is 1. The zero-order chi connectivity index (χ0) is 13.3. The molecule has 0 atom stereocenters. The van der Waals surface area contributed by atoms with Gasteiger partial charge in [-0.15, -0.1) is 11.3 Å². The summed E-state index contributed by atoms with van der Waals surface area (Å²) < 4.78 is 2.70. The highest BCUT2D eigenvalue weighted by molar-refractivity contribution is 7.26. The first-order valence-electron chi connectivity index (χ1n) is 6.74. The van der Waals surface area contributed by atoms with Crippen molar-refractivity contribution in [2.45, 2.75) is 6.92 Å². The van der Waals surface area contributed by atoms with Gasteiger partial charge in [0.15, 0.2) is 0 Å². The van der Waals surface area contributed by atoms with Crippen LogP contribution in [0.4, 0.5) is 0 Å². The van der Waals surface area contributed by atoms with Gasteiger partial charge in [-0.25, -0.2) is 0 Å². The molecule has 2 heteroatoms. The molecule has 5 rings (SSSR count). The Balaban J connectivity index is 2.30. The van der Waals surface area contributed by atoms with Gasteiger partial charge in [0.1, 0.15) is 0 Å². The van der Waals surface area contributed by atoms with E-state index >= 15 is 0 Å². The first-order valence-corrected chi connectivity index (χ1v) is 7.56. The van der Waals surface area contributed by atoms with E-state index in [4.69, 9.17) is 0 Å². The van der Waals surface area contributed by atoms with Crippen molar-refractivity contribution in [2.75, 3.05) is 0 Å². The van der Waals surface area contributed by atoms with Crippen LogP contribution >= 0.6 is 11.3 Å². The summed E-state index contributed by atoms with van der Waals surface area (Å²) in [6, 6.07) is 15.4. The summed E-state index contributed by atoms with van der Waals surface area (Å²) in [4.78, 5) is 4.68. The Morgan fingerprint density at radius 2 is 1.75 bits per heavy atom. The normalized spacial score (nSPS) is 12.2. The van der Waals surface area contributed by atoms with Crippen molar-refractivity contribution in [1.82, 2.24) is 4.98 Å². The fourth-order valence-corrected chi connectivity index (χ4v) is 4.41. The fourth-order valence-electron chi connectivity index (χ4n) is 3.28. The summed E-state index contributed by atoms with van der Waals surface area (Å²) in [6.07, 6.45) is 1.93. The lowest BCUT2D eigenvalue weighted by atomic mass is 9.96. The molecule has 0 unspecified atom stereocenters. The summed E-state index contributed by atoms with van der Waals surface area (Å²) in [6.45, 7) is 2.14. The predicted octanol–water partition coefficient (Wildman–Crippen LogP) is 5.50. The van der Waals surface area contributed by atoms with Crippen LogP contribution in [-0.4, -0.2) is 4.98 Å². The van der Waals surface area contributed by atoms with Crippen LogP contribution in [-0.2, 0) is 0 Å². The molecule has 94 valence electrons. The average Bonchev–Trinajstić information content (AvgIpc) is 2.85. The standard InChI is InChI=1S/C18H11NS/c1-10-5-6-11-12-3-2-4-14-16(12)17-15(20-14)7-8-19-18(17)13(11)9-10/h2-9H,1H3. The molecule has 0 saturated carbocycles. The van der Waals surface area contributed by atoms with E-state index in [1.807, 2.05) is 17.5 Å². The van der Waals surface area contributed by atoms with Gasteiger partial charge in [-0.3, -0.25) is 4.98 Å². The molecule has 0 radical (unpaired) electrons. The van der Waals surface area contributed by atoms with E-state index in [0.717, 1.165) is 5.52 Å². The highest BCUT2D eigenvalue weighted by Crippen LogP contribution is 2.43. The van der Waals surface area contributed by atoms with Gasteiger partial charge in [-0.2, -0.15) is 0 Å². The maximum atomic E-state index is 4.68. The number of aromatic nitrogens is 1. The van der Waals surface area contributed by atoms with E-state index in [0.29, 0.717) is 0 Å². The number of nitrogens with zero attached hydrogens (tertiary/aromatic N) is 1. The maximum Gasteiger partial charge on any atom is 0.0801 e. The first-order chi connectivity index (χ1) is 9.83. The summed E-state index contributed by atoms with van der Waals surface area (Å²) in [5, 5.41) is 6.65. The number of benzene rings is 3. The predicted molar refractivity (Wildman–Crippen MR) is 88.1 cm³/mol. The van der Waals surface area contributed by atoms with E-state index in [9.17, 15) is 0 Å². The van der Waals surface area contributed by atoms with Crippen LogP contribution in [0.25, 0.3) is 41.8 Å². The van der Waals surface area contributed by atoms with Crippen molar-refractivity contribution < 1.29 is 0 Å². The summed E-state index contributed by atoms with van der Waals surface area (Å²) in [5.74, 6) is 0. The molecule has 0 aliphatic rings. The van der Waals surface area contributed by atoms with Crippen LogP contribution in [0.3, 0.4) is 0 Å². The number of aryl methyl sites for hydroxylation is 1. The lowest BCUT2D eigenvalue weighted by molar-refractivity contribution is 1.44. The molecule has 1 nitrogen and oxygen atoms in total. The zero-order valence-corrected chi connectivity index (χ0v) is 11.8. The molecule has 3 aromatic carbocycles. The van der Waals surface area contributed by atoms with Gasteiger partial charge in [0.05, 0.1) is 5.52 Å². The Morgan fingerprint density at radius 3 is 2.70 bits per heavy atom. The van der Waals surface area contributed by atoms with Crippen LogP contribution in [0.15, 0.2) is 48.7 Å². The Bertz CT molecular complexity index is 1100. The molecule has 2 aromatic heterocycles. The molecule has 0 bridgehead atoms. The van der Waals surface area contributed by atoms with Crippen molar-refractivity contribution in [3.8, 4) is 0 Å². The van der Waals surface area contributed by atoms with Crippen LogP contribution in [0, 0.1) is 6.92 Å². The second-order valence-electron chi connectivity index (χ2n) is 5.36. The molecule has 0 N–H and O–H groups in total. The van der Waals surface area contributed by atoms with Gasteiger partial charge < -0.3 is 0 Å². The highest BCUT2D eigenvalue weighted by Gasteiger charge is 2.15. The van der Waals surface area contributed by atoms with Crippen LogP contribution < -0.4 is 0 Å². The lowest BCUT2D eigenvalue weighted by Gasteiger charge is -2.08. The minimum atomic E-state index is 1.14. The lowest BCUT2D eigenvalue weighted by Crippen LogP contribution is -1.85. The largest absolute Gasteiger partial charge is 0.255 e. The number of pyridine rings is 1. The second-order valence-corrected chi connectivity index (χ2v) is 6.45. The molecule has 0 aliphatic heterocycles. The average molecular weight is 273 g/mol. The number of hydrogen-bond acceptors (Lipinski definition) is 2. The van der Waals surface area contributed by atoms with E-state index < -0.39 is 0 Å². The smallest absolute Gasteiger partial charge is 0.0801 e. The van der Waals surface area contributed by atoms with Crippen molar-refractivity contribution in [3.63, 3.8) is 0 Å².